The Balaban J connectivity index is 2.29. The number of anilines is 1. The van der Waals surface area contributed by atoms with Crippen molar-refractivity contribution in [2.45, 2.75) is 30.8 Å². The quantitative estimate of drug-likeness (QED) is 0.862. The van der Waals surface area contributed by atoms with E-state index in [0.29, 0.717) is 29.4 Å². The SMILES string of the molecule is Cc1c(N)cc(Cl)cc1S(=O)(=O)N(C)CC1CCCO1. The number of halogens is 1. The molecule has 2 rings (SSSR count). The van der Waals surface area contributed by atoms with E-state index < -0.39 is 10.0 Å². The minimum atomic E-state index is -3.61. The first-order chi connectivity index (χ1) is 9.32. The molecule has 1 aromatic rings. The van der Waals surface area contributed by atoms with Gasteiger partial charge in [0.1, 0.15) is 0 Å². The van der Waals surface area contributed by atoms with Crippen molar-refractivity contribution in [3.05, 3.63) is 22.7 Å². The summed E-state index contributed by atoms with van der Waals surface area (Å²) in [5, 5.41) is 0.317. The maximum absolute atomic E-state index is 12.6. The molecular formula is C13H19ClN2O3S. The molecule has 1 unspecified atom stereocenters. The molecule has 1 fully saturated rings. The highest BCUT2D eigenvalue weighted by Crippen LogP contribution is 2.28. The molecule has 5 nitrogen and oxygen atoms in total. The standard InChI is InChI=1S/C13H19ClN2O3S/c1-9-12(15)6-10(14)7-13(9)20(17,18)16(2)8-11-4-3-5-19-11/h6-7,11H,3-5,8,15H2,1-2H3. The maximum atomic E-state index is 12.6. The summed E-state index contributed by atoms with van der Waals surface area (Å²) in [6.45, 7) is 2.72. The minimum absolute atomic E-state index is 0.0355. The third kappa shape index (κ3) is 3.09. The highest BCUT2D eigenvalue weighted by molar-refractivity contribution is 7.89. The van der Waals surface area contributed by atoms with Crippen LogP contribution in [0.5, 0.6) is 0 Å². The predicted molar refractivity (Wildman–Crippen MR) is 79.4 cm³/mol. The van der Waals surface area contributed by atoms with E-state index in [1.165, 1.54) is 10.4 Å². The van der Waals surface area contributed by atoms with E-state index in [4.69, 9.17) is 22.1 Å². The fourth-order valence-electron chi connectivity index (χ4n) is 2.28. The average molecular weight is 319 g/mol. The van der Waals surface area contributed by atoms with Crippen LogP contribution in [0.1, 0.15) is 18.4 Å². The zero-order chi connectivity index (χ0) is 14.9. The monoisotopic (exact) mass is 318 g/mol. The maximum Gasteiger partial charge on any atom is 0.243 e. The lowest BCUT2D eigenvalue weighted by molar-refractivity contribution is 0.0979. The van der Waals surface area contributed by atoms with E-state index in [0.717, 1.165) is 12.8 Å². The Hall–Kier alpha value is -0.820. The third-order valence-corrected chi connectivity index (χ3v) is 5.71. The molecular weight excluding hydrogens is 300 g/mol. The third-order valence-electron chi connectivity index (χ3n) is 3.54. The molecule has 0 aliphatic carbocycles. The molecule has 0 spiro atoms. The summed E-state index contributed by atoms with van der Waals surface area (Å²) >= 11 is 5.92. The number of ether oxygens (including phenoxy) is 1. The highest BCUT2D eigenvalue weighted by Gasteiger charge is 2.28. The molecule has 112 valence electrons. The lowest BCUT2D eigenvalue weighted by atomic mass is 10.2. The van der Waals surface area contributed by atoms with Crippen LogP contribution in [-0.2, 0) is 14.8 Å². The van der Waals surface area contributed by atoms with Crippen molar-refractivity contribution in [2.24, 2.45) is 0 Å². The van der Waals surface area contributed by atoms with Crippen LogP contribution in [0.15, 0.2) is 17.0 Å². The zero-order valence-corrected chi connectivity index (χ0v) is 13.2. The molecule has 1 saturated heterocycles. The molecule has 2 N–H and O–H groups in total. The Morgan fingerprint density at radius 1 is 1.50 bits per heavy atom. The van der Waals surface area contributed by atoms with Crippen LogP contribution in [0, 0.1) is 6.92 Å². The van der Waals surface area contributed by atoms with Gasteiger partial charge in [0.25, 0.3) is 0 Å². The molecule has 1 aliphatic rings. The Labute approximate surface area is 124 Å². The number of nitrogens with zero attached hydrogens (tertiary/aromatic N) is 1. The number of sulfonamides is 1. The van der Waals surface area contributed by atoms with E-state index >= 15 is 0 Å². The fourth-order valence-corrected chi connectivity index (χ4v) is 4.05. The molecule has 0 radical (unpaired) electrons. The van der Waals surface area contributed by atoms with Crippen LogP contribution >= 0.6 is 11.6 Å². The van der Waals surface area contributed by atoms with Crippen molar-refractivity contribution >= 4 is 27.3 Å². The van der Waals surface area contributed by atoms with Crippen LogP contribution in [0.25, 0.3) is 0 Å². The number of hydrogen-bond acceptors (Lipinski definition) is 4. The van der Waals surface area contributed by atoms with Crippen molar-refractivity contribution < 1.29 is 13.2 Å². The number of hydrogen-bond donors (Lipinski definition) is 1. The number of benzene rings is 1. The van der Waals surface area contributed by atoms with Gasteiger partial charge >= 0.3 is 0 Å². The van der Waals surface area contributed by atoms with Gasteiger partial charge in [0, 0.05) is 30.9 Å². The normalized spacial score (nSPS) is 19.7. The topological polar surface area (TPSA) is 72.6 Å². The Morgan fingerprint density at radius 2 is 2.20 bits per heavy atom. The molecule has 1 aromatic carbocycles. The average Bonchev–Trinajstić information content (AvgIpc) is 2.86. The first kappa shape index (κ1) is 15.6. The number of nitrogens with two attached hydrogens (primary N) is 1. The lowest BCUT2D eigenvalue weighted by Gasteiger charge is -2.22. The van der Waals surface area contributed by atoms with Gasteiger partial charge in [-0.2, -0.15) is 4.31 Å². The second-order valence-electron chi connectivity index (χ2n) is 5.04. The first-order valence-electron chi connectivity index (χ1n) is 6.46. The van der Waals surface area contributed by atoms with Crippen LogP contribution < -0.4 is 5.73 Å². The van der Waals surface area contributed by atoms with Crippen LogP contribution in [0.3, 0.4) is 0 Å². The molecule has 0 bridgehead atoms. The Bertz CT molecular complexity index is 598. The summed E-state index contributed by atoms with van der Waals surface area (Å²) in [5.74, 6) is 0. The molecule has 1 aliphatic heterocycles. The predicted octanol–water partition coefficient (Wildman–Crippen LogP) is 2.03. The van der Waals surface area contributed by atoms with Crippen LogP contribution in [0.4, 0.5) is 5.69 Å². The van der Waals surface area contributed by atoms with E-state index in [9.17, 15) is 8.42 Å². The van der Waals surface area contributed by atoms with Gasteiger partial charge in [0.15, 0.2) is 0 Å². The number of rotatable bonds is 4. The lowest BCUT2D eigenvalue weighted by Crippen LogP contribution is -2.34. The highest BCUT2D eigenvalue weighted by atomic mass is 35.5. The van der Waals surface area contributed by atoms with Gasteiger partial charge in [-0.1, -0.05) is 11.6 Å². The second-order valence-corrected chi connectivity index (χ2v) is 7.49. The molecule has 1 atom stereocenters. The number of likely N-dealkylation sites (N-methyl/N-ethyl adjacent to an activating group) is 1. The van der Waals surface area contributed by atoms with E-state index in [2.05, 4.69) is 0 Å². The summed E-state index contributed by atoms with van der Waals surface area (Å²) in [6, 6.07) is 2.99. The van der Waals surface area contributed by atoms with Crippen molar-refractivity contribution in [1.82, 2.24) is 4.31 Å². The Kier molecular flexibility index (Phi) is 4.59. The van der Waals surface area contributed by atoms with E-state index in [1.54, 1.807) is 20.0 Å². The smallest absolute Gasteiger partial charge is 0.243 e. The second kappa shape index (κ2) is 5.89. The molecule has 20 heavy (non-hydrogen) atoms. The van der Waals surface area contributed by atoms with Crippen LogP contribution in [0.2, 0.25) is 5.02 Å². The summed E-state index contributed by atoms with van der Waals surface area (Å²) in [6.07, 6.45) is 1.82. The minimum Gasteiger partial charge on any atom is -0.398 e. The Morgan fingerprint density at radius 3 is 2.80 bits per heavy atom. The first-order valence-corrected chi connectivity index (χ1v) is 8.27. The molecule has 7 heteroatoms. The summed E-state index contributed by atoms with van der Waals surface area (Å²) < 4.78 is 32.0. The van der Waals surface area contributed by atoms with Crippen molar-refractivity contribution in [3.63, 3.8) is 0 Å². The van der Waals surface area contributed by atoms with Gasteiger partial charge in [0.2, 0.25) is 10.0 Å². The van der Waals surface area contributed by atoms with E-state index in [1.807, 2.05) is 0 Å². The van der Waals surface area contributed by atoms with Gasteiger partial charge < -0.3 is 10.5 Å². The fraction of sp³-hybridized carbons (Fsp3) is 0.538. The van der Waals surface area contributed by atoms with Crippen molar-refractivity contribution in [1.29, 1.82) is 0 Å². The van der Waals surface area contributed by atoms with Gasteiger partial charge in [-0.25, -0.2) is 8.42 Å². The summed E-state index contributed by atoms with van der Waals surface area (Å²) in [5.41, 5.74) is 6.69. The molecule has 1 heterocycles. The zero-order valence-electron chi connectivity index (χ0n) is 11.6. The summed E-state index contributed by atoms with van der Waals surface area (Å²) in [7, 11) is -2.06. The summed E-state index contributed by atoms with van der Waals surface area (Å²) in [4.78, 5) is 0.156. The van der Waals surface area contributed by atoms with Crippen molar-refractivity contribution in [2.75, 3.05) is 25.9 Å². The number of nitrogen functional groups attached to an aromatic ring is 1. The van der Waals surface area contributed by atoms with Crippen molar-refractivity contribution in [3.8, 4) is 0 Å². The van der Waals surface area contributed by atoms with Gasteiger partial charge in [-0.3, -0.25) is 0 Å². The molecule has 0 aromatic heterocycles. The molecule has 0 amide bonds. The van der Waals surface area contributed by atoms with Crippen LogP contribution in [-0.4, -0.2) is 39.0 Å². The molecule has 0 saturated carbocycles. The largest absolute Gasteiger partial charge is 0.398 e. The van der Waals surface area contributed by atoms with Gasteiger partial charge in [-0.15, -0.1) is 0 Å². The van der Waals surface area contributed by atoms with Gasteiger partial charge in [0.05, 0.1) is 11.0 Å². The van der Waals surface area contributed by atoms with E-state index in [-0.39, 0.29) is 11.0 Å². The van der Waals surface area contributed by atoms with Gasteiger partial charge in [-0.05, 0) is 37.5 Å².